The van der Waals surface area contributed by atoms with Crippen molar-refractivity contribution in [2.24, 2.45) is 16.8 Å². The van der Waals surface area contributed by atoms with Gasteiger partial charge in [0.1, 0.15) is 11.4 Å². The summed E-state index contributed by atoms with van der Waals surface area (Å²) in [7, 11) is -3.59. The van der Waals surface area contributed by atoms with Crippen molar-refractivity contribution < 1.29 is 31.2 Å². The Morgan fingerprint density at radius 3 is 2.30 bits per heavy atom. The molecule has 1 aliphatic carbocycles. The largest absolute Gasteiger partial charge is 0.389 e. The predicted octanol–water partition coefficient (Wildman–Crippen LogP) is 4.04. The van der Waals surface area contributed by atoms with Crippen molar-refractivity contribution >= 4 is 27.7 Å². The highest BCUT2D eigenvalue weighted by Crippen LogP contribution is 2.38. The molecule has 3 heterocycles. The summed E-state index contributed by atoms with van der Waals surface area (Å²) in [6, 6.07) is 3.65. The first-order valence-electron chi connectivity index (χ1n) is 15.4. The zero-order valence-corrected chi connectivity index (χ0v) is 25.7. The maximum Gasteiger partial charge on any atom is 0.389 e. The average molecular weight is 626 g/mol. The lowest BCUT2D eigenvalue weighted by Crippen LogP contribution is -2.51. The molecule has 13 heteroatoms. The van der Waals surface area contributed by atoms with Crippen LogP contribution in [0.1, 0.15) is 84.8 Å². The minimum Gasteiger partial charge on any atom is -0.312 e. The van der Waals surface area contributed by atoms with E-state index >= 15 is 0 Å². The van der Waals surface area contributed by atoms with Crippen molar-refractivity contribution in [2.75, 3.05) is 31.9 Å². The number of benzene rings is 1. The van der Waals surface area contributed by atoms with Crippen LogP contribution in [0.4, 0.5) is 13.2 Å². The number of hydrogen-bond acceptors (Lipinski definition) is 6. The number of hydrazine groups is 1. The summed E-state index contributed by atoms with van der Waals surface area (Å²) in [5, 5.41) is 4.55. The fourth-order valence-corrected chi connectivity index (χ4v) is 8.49. The third-order valence-corrected chi connectivity index (χ3v) is 11.5. The summed E-state index contributed by atoms with van der Waals surface area (Å²) >= 11 is 0. The second-order valence-corrected chi connectivity index (χ2v) is 14.7. The van der Waals surface area contributed by atoms with Crippen molar-refractivity contribution in [3.05, 3.63) is 34.4 Å². The first-order valence-corrected chi connectivity index (χ1v) is 17.0. The molecule has 0 radical (unpaired) electrons. The van der Waals surface area contributed by atoms with Gasteiger partial charge in [0.15, 0.2) is 0 Å². The highest BCUT2D eigenvalue weighted by molar-refractivity contribution is 7.89. The Bertz CT molecular complexity index is 1330. The van der Waals surface area contributed by atoms with Crippen LogP contribution in [0.25, 0.3) is 0 Å². The van der Waals surface area contributed by atoms with E-state index in [9.17, 15) is 31.2 Å². The highest BCUT2D eigenvalue weighted by Gasteiger charge is 2.48. The molecule has 1 aromatic rings. The number of amides is 2. The number of halogens is 3. The fourth-order valence-electron chi connectivity index (χ4n) is 7.03. The first kappa shape index (κ1) is 31.9. The molecule has 1 saturated carbocycles. The van der Waals surface area contributed by atoms with Gasteiger partial charge < -0.3 is 5.32 Å². The molecule has 9 nitrogen and oxygen atoms in total. The van der Waals surface area contributed by atoms with Gasteiger partial charge in [-0.15, -0.1) is 0 Å². The number of nitrogens with zero attached hydrogens (tertiary/aromatic N) is 3. The van der Waals surface area contributed by atoms with Crippen LogP contribution in [-0.2, 0) is 21.2 Å². The van der Waals surface area contributed by atoms with Gasteiger partial charge >= 0.3 is 6.18 Å². The minimum atomic E-state index is -4.13. The summed E-state index contributed by atoms with van der Waals surface area (Å²) < 4.78 is 65.9. The van der Waals surface area contributed by atoms with Gasteiger partial charge in [-0.05, 0) is 106 Å². The number of carbonyl (C=O) groups is 2. The predicted molar refractivity (Wildman–Crippen MR) is 157 cm³/mol. The van der Waals surface area contributed by atoms with E-state index in [1.54, 1.807) is 5.01 Å². The molecule has 0 aromatic heterocycles. The van der Waals surface area contributed by atoms with Crippen molar-refractivity contribution in [1.82, 2.24) is 20.1 Å². The fraction of sp³-hybridized carbons (Fsp3) is 0.700. The van der Waals surface area contributed by atoms with Crippen LogP contribution in [0.15, 0.2) is 17.1 Å². The molecule has 238 valence electrons. The average Bonchev–Trinajstić information content (AvgIpc) is 3.60. The van der Waals surface area contributed by atoms with E-state index in [0.717, 1.165) is 29.7 Å². The third-order valence-electron chi connectivity index (χ3n) is 9.67. The number of alkyl halides is 3. The van der Waals surface area contributed by atoms with Gasteiger partial charge in [0.05, 0.1) is 5.75 Å². The zero-order chi connectivity index (χ0) is 31.0. The normalized spacial score (nSPS) is 24.8. The van der Waals surface area contributed by atoms with E-state index in [1.807, 2.05) is 26.0 Å². The summed E-state index contributed by atoms with van der Waals surface area (Å²) in [5.74, 6) is 0.319. The summed E-state index contributed by atoms with van der Waals surface area (Å²) in [4.78, 5) is 30.6. The Hall–Kier alpha value is -2.51. The lowest BCUT2D eigenvalue weighted by atomic mass is 9.79. The number of hydrogen-bond donors (Lipinski definition) is 2. The lowest BCUT2D eigenvalue weighted by molar-refractivity contribution is -0.138. The van der Waals surface area contributed by atoms with Crippen LogP contribution >= 0.6 is 0 Å². The van der Waals surface area contributed by atoms with E-state index in [1.165, 1.54) is 4.31 Å². The van der Waals surface area contributed by atoms with E-state index < -0.39 is 28.2 Å². The van der Waals surface area contributed by atoms with Crippen LogP contribution in [-0.4, -0.2) is 79.0 Å². The summed E-state index contributed by atoms with van der Waals surface area (Å²) in [5.41, 5.74) is 5.36. The molecule has 0 atom stereocenters. The van der Waals surface area contributed by atoms with E-state index in [4.69, 9.17) is 4.99 Å². The van der Waals surface area contributed by atoms with Gasteiger partial charge in [0, 0.05) is 44.1 Å². The molecule has 0 unspecified atom stereocenters. The smallest absolute Gasteiger partial charge is 0.312 e. The van der Waals surface area contributed by atoms with Gasteiger partial charge in [-0.2, -0.15) is 13.2 Å². The molecule has 2 N–H and O–H groups in total. The Morgan fingerprint density at radius 1 is 1.07 bits per heavy atom. The van der Waals surface area contributed by atoms with Crippen LogP contribution in [0, 0.1) is 25.7 Å². The summed E-state index contributed by atoms with van der Waals surface area (Å²) in [6.45, 7) is 5.63. The minimum absolute atomic E-state index is 0.0204. The molecule has 1 aromatic carbocycles. The zero-order valence-electron chi connectivity index (χ0n) is 24.9. The second kappa shape index (κ2) is 12.5. The van der Waals surface area contributed by atoms with Crippen molar-refractivity contribution in [1.29, 1.82) is 0 Å². The van der Waals surface area contributed by atoms with Gasteiger partial charge in [-0.3, -0.25) is 19.6 Å². The molecule has 4 aliphatic rings. The SMILES string of the molecule is Cc1cc(C(=O)N2CCCN2)cc(C)c1CCS(=O)(=O)N1CCC2(CC1)N=C(C1CCC(CCC(F)(F)F)CC1)NC2=O. The molecule has 0 bridgehead atoms. The molecule has 5 rings (SSSR count). The van der Waals surface area contributed by atoms with E-state index in [-0.39, 0.29) is 48.9 Å². The van der Waals surface area contributed by atoms with E-state index in [0.29, 0.717) is 62.9 Å². The molecule has 2 amide bonds. The maximum absolute atomic E-state index is 13.3. The van der Waals surface area contributed by atoms with Gasteiger partial charge in [-0.1, -0.05) is 0 Å². The van der Waals surface area contributed by atoms with Crippen molar-refractivity contribution in [3.8, 4) is 0 Å². The monoisotopic (exact) mass is 625 g/mol. The third kappa shape index (κ3) is 7.25. The molecule has 43 heavy (non-hydrogen) atoms. The Morgan fingerprint density at radius 2 is 1.72 bits per heavy atom. The molecule has 3 aliphatic heterocycles. The Labute approximate surface area is 251 Å². The Balaban J connectivity index is 1.15. The van der Waals surface area contributed by atoms with E-state index in [2.05, 4.69) is 10.7 Å². The van der Waals surface area contributed by atoms with Crippen LogP contribution in [0.5, 0.6) is 0 Å². The lowest BCUT2D eigenvalue weighted by Gasteiger charge is -2.34. The number of nitrogens with one attached hydrogen (secondary N) is 2. The van der Waals surface area contributed by atoms with Gasteiger partial charge in [-0.25, -0.2) is 18.1 Å². The standard InChI is InChI=1S/C30H42F3N5O4S/c1-20-18-24(27(39)38-14-3-13-34-38)19-21(2)25(20)9-17-43(41,42)37-15-11-29(12-16-37)28(40)35-26(36-29)23-6-4-22(5-7-23)8-10-30(31,32)33/h18-19,22-23,34H,3-17H2,1-2H3,(H,35,36,40). The number of aryl methyl sites for hydroxylation is 2. The number of carbonyl (C=O) groups excluding carboxylic acids is 2. The van der Waals surface area contributed by atoms with Crippen LogP contribution < -0.4 is 10.7 Å². The molecule has 1 spiro atoms. The topological polar surface area (TPSA) is 111 Å². The summed E-state index contributed by atoms with van der Waals surface area (Å²) in [6.07, 6.45) is -0.169. The number of aliphatic imine (C=N–C) groups is 1. The van der Waals surface area contributed by atoms with Crippen molar-refractivity contribution in [3.63, 3.8) is 0 Å². The number of sulfonamides is 1. The van der Waals surface area contributed by atoms with Crippen LogP contribution in [0.2, 0.25) is 0 Å². The van der Waals surface area contributed by atoms with Gasteiger partial charge in [0.2, 0.25) is 10.0 Å². The maximum atomic E-state index is 13.3. The molecule has 2 saturated heterocycles. The number of amidine groups is 1. The highest BCUT2D eigenvalue weighted by atomic mass is 32.2. The molecular weight excluding hydrogens is 583 g/mol. The molecule has 3 fully saturated rings. The first-order chi connectivity index (χ1) is 20.3. The quantitative estimate of drug-likeness (QED) is 0.453. The molecular formula is C30H42F3N5O4S. The van der Waals surface area contributed by atoms with Gasteiger partial charge in [0.25, 0.3) is 11.8 Å². The number of rotatable bonds is 8. The van der Waals surface area contributed by atoms with Crippen LogP contribution in [0.3, 0.4) is 0 Å². The van der Waals surface area contributed by atoms with Crippen molar-refractivity contribution in [2.45, 2.75) is 89.8 Å². The number of piperidine rings is 1. The second-order valence-electron chi connectivity index (χ2n) is 12.6. The Kier molecular flexibility index (Phi) is 9.25.